The molecule has 5 nitrogen and oxygen atoms in total. The summed E-state index contributed by atoms with van der Waals surface area (Å²) in [6, 6.07) is 0. The first-order valence-corrected chi connectivity index (χ1v) is 4.17. The summed E-state index contributed by atoms with van der Waals surface area (Å²) < 4.78 is 4.77. The Hall–Kier alpha value is -1.91. The van der Waals surface area contributed by atoms with Crippen LogP contribution in [0.25, 0.3) is 0 Å². The number of carbonyl (C=O) groups excluding carboxylic acids is 1. The summed E-state index contributed by atoms with van der Waals surface area (Å²) in [6.07, 6.45) is 5.64. The van der Waals surface area contributed by atoms with Crippen LogP contribution >= 0.6 is 0 Å². The zero-order chi connectivity index (χ0) is 10.4. The van der Waals surface area contributed by atoms with Gasteiger partial charge in [-0.1, -0.05) is 0 Å². The van der Waals surface area contributed by atoms with Crippen LogP contribution in [-0.2, 0) is 9.53 Å². The molecule has 74 valence electrons. The predicted molar refractivity (Wildman–Crippen MR) is 53.2 cm³/mol. The zero-order valence-corrected chi connectivity index (χ0v) is 7.78. The molecule has 0 aromatic heterocycles. The van der Waals surface area contributed by atoms with E-state index < -0.39 is 5.97 Å². The third kappa shape index (κ3) is 2.55. The van der Waals surface area contributed by atoms with Crippen LogP contribution in [-0.4, -0.2) is 24.5 Å². The predicted octanol–water partition coefficient (Wildman–Crippen LogP) is 0.598. The first kappa shape index (κ1) is 10.2. The van der Waals surface area contributed by atoms with Crippen LogP contribution in [0.1, 0.15) is 6.92 Å². The van der Waals surface area contributed by atoms with Crippen molar-refractivity contribution in [3.63, 3.8) is 0 Å². The molecule has 1 rings (SSSR count). The molecule has 1 aliphatic heterocycles. The van der Waals surface area contributed by atoms with Crippen molar-refractivity contribution in [2.75, 3.05) is 6.61 Å². The number of allylic oxidation sites excluding steroid dienone is 1. The van der Waals surface area contributed by atoms with Gasteiger partial charge in [0.2, 0.25) is 0 Å². The normalized spacial score (nSPS) is 17.2. The average Bonchev–Trinajstić information content (AvgIpc) is 2.19. The Kier molecular flexibility index (Phi) is 3.60. The van der Waals surface area contributed by atoms with Crippen LogP contribution in [0, 0.1) is 5.41 Å². The molecular formula is C9H11N3O2. The Labute approximate surface area is 81.7 Å². The smallest absolute Gasteiger partial charge is 0.357 e. The standard InChI is InChI=1S/C9H11N3O2/c1-2-14-9(13)7-4-6-11-8(12-7)3-5-10/h3-6,10-11H,2H2,1H3/b8-3+,10-5?. The molecule has 0 unspecified atom stereocenters. The fraction of sp³-hybridized carbons (Fsp3) is 0.222. The van der Waals surface area contributed by atoms with Gasteiger partial charge in [0.1, 0.15) is 5.82 Å². The fourth-order valence-electron chi connectivity index (χ4n) is 0.888. The number of nitrogens with one attached hydrogen (secondary N) is 2. The van der Waals surface area contributed by atoms with Gasteiger partial charge in [0.05, 0.1) is 6.61 Å². The number of hydrogen-bond donors (Lipinski definition) is 2. The molecule has 14 heavy (non-hydrogen) atoms. The topological polar surface area (TPSA) is 74.5 Å². The summed E-state index contributed by atoms with van der Waals surface area (Å²) in [4.78, 5) is 15.2. The van der Waals surface area contributed by atoms with Crippen LogP contribution in [0.15, 0.2) is 29.2 Å². The van der Waals surface area contributed by atoms with Crippen molar-refractivity contribution >= 4 is 17.9 Å². The van der Waals surface area contributed by atoms with Crippen molar-refractivity contribution in [1.82, 2.24) is 5.32 Å². The van der Waals surface area contributed by atoms with Gasteiger partial charge in [0.25, 0.3) is 0 Å². The fourth-order valence-corrected chi connectivity index (χ4v) is 0.888. The summed E-state index contributed by atoms with van der Waals surface area (Å²) in [5.74, 6) is -0.00770. The van der Waals surface area contributed by atoms with E-state index in [2.05, 4.69) is 10.3 Å². The molecule has 1 heterocycles. The van der Waals surface area contributed by atoms with E-state index in [1.807, 2.05) is 0 Å². The second-order valence-electron chi connectivity index (χ2n) is 2.41. The minimum atomic E-state index is -0.457. The molecule has 0 fully saturated rings. The molecule has 0 amide bonds. The lowest BCUT2D eigenvalue weighted by atomic mass is 10.3. The minimum absolute atomic E-state index is 0.235. The lowest BCUT2D eigenvalue weighted by Crippen LogP contribution is -2.21. The largest absolute Gasteiger partial charge is 0.461 e. The van der Waals surface area contributed by atoms with Crippen molar-refractivity contribution in [3.8, 4) is 0 Å². The van der Waals surface area contributed by atoms with Crippen molar-refractivity contribution in [3.05, 3.63) is 24.2 Å². The van der Waals surface area contributed by atoms with E-state index in [1.54, 1.807) is 13.1 Å². The Balaban J connectivity index is 2.78. The van der Waals surface area contributed by atoms with Gasteiger partial charge in [-0.3, -0.25) is 0 Å². The van der Waals surface area contributed by atoms with Crippen LogP contribution in [0.4, 0.5) is 0 Å². The quantitative estimate of drug-likeness (QED) is 0.509. The SMILES string of the molecule is CCOC(=O)C1=N/C(=C/C=N)NC=C1. The number of ether oxygens (including phenoxy) is 1. The highest BCUT2D eigenvalue weighted by Gasteiger charge is 2.12. The number of nitrogens with zero attached hydrogens (tertiary/aromatic N) is 1. The minimum Gasteiger partial charge on any atom is -0.461 e. The van der Waals surface area contributed by atoms with Crippen LogP contribution in [0.2, 0.25) is 0 Å². The van der Waals surface area contributed by atoms with Gasteiger partial charge in [-0.05, 0) is 19.1 Å². The summed E-state index contributed by atoms with van der Waals surface area (Å²) in [7, 11) is 0. The maximum atomic E-state index is 11.2. The highest BCUT2D eigenvalue weighted by molar-refractivity contribution is 6.41. The molecule has 0 aromatic rings. The van der Waals surface area contributed by atoms with Gasteiger partial charge >= 0.3 is 5.97 Å². The third-order valence-corrected chi connectivity index (χ3v) is 1.44. The number of aliphatic imine (C=N–C) groups is 1. The van der Waals surface area contributed by atoms with Crippen LogP contribution < -0.4 is 5.32 Å². The van der Waals surface area contributed by atoms with Crippen LogP contribution in [0.5, 0.6) is 0 Å². The molecule has 5 heteroatoms. The third-order valence-electron chi connectivity index (χ3n) is 1.44. The number of carbonyl (C=O) groups is 1. The van der Waals surface area contributed by atoms with E-state index in [0.29, 0.717) is 12.4 Å². The Morgan fingerprint density at radius 1 is 1.79 bits per heavy atom. The molecule has 0 aromatic carbocycles. The average molecular weight is 193 g/mol. The van der Waals surface area contributed by atoms with E-state index in [9.17, 15) is 4.79 Å². The number of hydrogen-bond acceptors (Lipinski definition) is 5. The molecule has 2 N–H and O–H groups in total. The van der Waals surface area contributed by atoms with E-state index in [4.69, 9.17) is 10.1 Å². The summed E-state index contributed by atoms with van der Waals surface area (Å²) in [6.45, 7) is 2.06. The van der Waals surface area contributed by atoms with Crippen molar-refractivity contribution in [1.29, 1.82) is 5.41 Å². The monoisotopic (exact) mass is 193 g/mol. The van der Waals surface area contributed by atoms with Gasteiger partial charge < -0.3 is 15.5 Å². The van der Waals surface area contributed by atoms with Crippen molar-refractivity contribution in [2.24, 2.45) is 4.99 Å². The number of esters is 1. The van der Waals surface area contributed by atoms with Crippen molar-refractivity contribution < 1.29 is 9.53 Å². The van der Waals surface area contributed by atoms with Crippen LogP contribution in [0.3, 0.4) is 0 Å². The molecular weight excluding hydrogens is 182 g/mol. The molecule has 0 atom stereocenters. The Morgan fingerprint density at radius 2 is 2.57 bits per heavy atom. The van der Waals surface area contributed by atoms with E-state index in [0.717, 1.165) is 6.21 Å². The molecule has 0 radical (unpaired) electrons. The summed E-state index contributed by atoms with van der Waals surface area (Å²) in [5, 5.41) is 9.62. The van der Waals surface area contributed by atoms with Crippen molar-refractivity contribution in [2.45, 2.75) is 6.92 Å². The maximum Gasteiger partial charge on any atom is 0.357 e. The van der Waals surface area contributed by atoms with E-state index in [-0.39, 0.29) is 5.71 Å². The van der Waals surface area contributed by atoms with Gasteiger partial charge in [0.15, 0.2) is 5.71 Å². The van der Waals surface area contributed by atoms with Gasteiger partial charge in [-0.2, -0.15) is 0 Å². The van der Waals surface area contributed by atoms with E-state index >= 15 is 0 Å². The second-order valence-corrected chi connectivity index (χ2v) is 2.41. The lowest BCUT2D eigenvalue weighted by Gasteiger charge is -2.08. The highest BCUT2D eigenvalue weighted by Crippen LogP contribution is 2.00. The highest BCUT2D eigenvalue weighted by atomic mass is 16.5. The first-order chi connectivity index (χ1) is 6.77. The van der Waals surface area contributed by atoms with Gasteiger partial charge in [-0.15, -0.1) is 0 Å². The van der Waals surface area contributed by atoms with E-state index in [1.165, 1.54) is 12.2 Å². The maximum absolute atomic E-state index is 11.2. The van der Waals surface area contributed by atoms with Gasteiger partial charge in [-0.25, -0.2) is 9.79 Å². The first-order valence-electron chi connectivity index (χ1n) is 4.17. The Bertz CT molecular complexity index is 329. The Morgan fingerprint density at radius 3 is 3.21 bits per heavy atom. The summed E-state index contributed by atoms with van der Waals surface area (Å²) in [5.41, 5.74) is 0.235. The molecule has 0 aliphatic carbocycles. The lowest BCUT2D eigenvalue weighted by molar-refractivity contribution is -0.134. The molecule has 0 saturated carbocycles. The molecule has 0 saturated heterocycles. The molecule has 0 bridgehead atoms. The molecule has 0 spiro atoms. The van der Waals surface area contributed by atoms with Gasteiger partial charge in [0, 0.05) is 12.4 Å². The number of rotatable bonds is 3. The molecule has 1 aliphatic rings. The summed E-state index contributed by atoms with van der Waals surface area (Å²) >= 11 is 0. The zero-order valence-electron chi connectivity index (χ0n) is 7.78. The second kappa shape index (κ2) is 4.96.